The largest absolute Gasteiger partial charge is 0.497 e. The summed E-state index contributed by atoms with van der Waals surface area (Å²) in [7, 11) is -0.381. The molecule has 142 valence electrons. The first kappa shape index (κ1) is 17.7. The number of benzene rings is 1. The highest BCUT2D eigenvalue weighted by molar-refractivity contribution is 7.89. The maximum absolute atomic E-state index is 13.0. The molecule has 1 aromatic carbocycles. The molecule has 8 nitrogen and oxygen atoms in total. The highest BCUT2D eigenvalue weighted by atomic mass is 32.2. The van der Waals surface area contributed by atoms with Crippen LogP contribution in [0.5, 0.6) is 5.75 Å². The van der Waals surface area contributed by atoms with Crippen LogP contribution < -0.4 is 9.64 Å². The maximum Gasteiger partial charge on any atom is 0.243 e. The summed E-state index contributed by atoms with van der Waals surface area (Å²) >= 11 is 0. The molecule has 0 radical (unpaired) electrons. The van der Waals surface area contributed by atoms with Crippen molar-refractivity contribution in [3.63, 3.8) is 0 Å². The van der Waals surface area contributed by atoms with Gasteiger partial charge in [0.15, 0.2) is 0 Å². The number of hydrogen-bond donors (Lipinski definition) is 1. The van der Waals surface area contributed by atoms with E-state index in [1.165, 1.54) is 10.6 Å². The van der Waals surface area contributed by atoms with E-state index >= 15 is 0 Å². The molecule has 1 saturated heterocycles. The fourth-order valence-corrected chi connectivity index (χ4v) is 4.83. The van der Waals surface area contributed by atoms with Crippen molar-refractivity contribution in [3.05, 3.63) is 42.9 Å². The molecule has 1 aliphatic rings. The SMILES string of the molecule is COc1ccc(S(=O)(=O)N(C)[C@@H]2CCN(c3ncnc4[nH]ccc34)C2)cc1. The van der Waals surface area contributed by atoms with Crippen molar-refractivity contribution in [2.75, 3.05) is 32.1 Å². The molecule has 1 atom stereocenters. The van der Waals surface area contributed by atoms with E-state index in [1.54, 1.807) is 38.4 Å². The minimum absolute atomic E-state index is 0.124. The molecular formula is C18H21N5O3S. The van der Waals surface area contributed by atoms with E-state index in [2.05, 4.69) is 19.9 Å². The minimum atomic E-state index is -3.57. The van der Waals surface area contributed by atoms with Gasteiger partial charge in [-0.05, 0) is 36.8 Å². The lowest BCUT2D eigenvalue weighted by Gasteiger charge is -2.25. The van der Waals surface area contributed by atoms with E-state index in [0.717, 1.165) is 29.8 Å². The molecule has 27 heavy (non-hydrogen) atoms. The molecular weight excluding hydrogens is 366 g/mol. The summed E-state index contributed by atoms with van der Waals surface area (Å²) in [5.41, 5.74) is 0.780. The van der Waals surface area contributed by atoms with Gasteiger partial charge in [0, 0.05) is 32.4 Å². The van der Waals surface area contributed by atoms with Gasteiger partial charge >= 0.3 is 0 Å². The average Bonchev–Trinajstić information content (AvgIpc) is 3.36. The van der Waals surface area contributed by atoms with Crippen molar-refractivity contribution in [1.82, 2.24) is 19.3 Å². The topological polar surface area (TPSA) is 91.4 Å². The summed E-state index contributed by atoms with van der Waals surface area (Å²) in [6.07, 6.45) is 4.10. The number of nitrogens with one attached hydrogen (secondary N) is 1. The Kier molecular flexibility index (Phi) is 4.48. The van der Waals surface area contributed by atoms with E-state index in [0.29, 0.717) is 12.3 Å². The zero-order valence-corrected chi connectivity index (χ0v) is 16.0. The molecule has 3 heterocycles. The Bertz CT molecular complexity index is 1050. The van der Waals surface area contributed by atoms with Gasteiger partial charge in [0.2, 0.25) is 10.0 Å². The molecule has 0 bridgehead atoms. The zero-order valence-electron chi connectivity index (χ0n) is 15.2. The first-order valence-electron chi connectivity index (χ1n) is 8.66. The molecule has 0 aliphatic carbocycles. The van der Waals surface area contributed by atoms with E-state index in [9.17, 15) is 8.42 Å². The first-order chi connectivity index (χ1) is 13.0. The van der Waals surface area contributed by atoms with E-state index in [1.807, 2.05) is 12.3 Å². The number of aromatic nitrogens is 3. The number of ether oxygens (including phenoxy) is 1. The predicted octanol–water partition coefficient (Wildman–Crippen LogP) is 1.87. The molecule has 0 spiro atoms. The van der Waals surface area contributed by atoms with Crippen LogP contribution in [0.1, 0.15) is 6.42 Å². The fourth-order valence-electron chi connectivity index (χ4n) is 3.45. The third kappa shape index (κ3) is 3.13. The van der Waals surface area contributed by atoms with Crippen LogP contribution in [0.2, 0.25) is 0 Å². The number of sulfonamides is 1. The van der Waals surface area contributed by atoms with Gasteiger partial charge in [-0.25, -0.2) is 18.4 Å². The van der Waals surface area contributed by atoms with Gasteiger partial charge in [-0.15, -0.1) is 0 Å². The number of likely N-dealkylation sites (N-methyl/N-ethyl adjacent to an activating group) is 1. The van der Waals surface area contributed by atoms with Gasteiger partial charge in [-0.1, -0.05) is 0 Å². The van der Waals surface area contributed by atoms with Gasteiger partial charge in [-0.2, -0.15) is 4.31 Å². The zero-order chi connectivity index (χ0) is 19.0. The van der Waals surface area contributed by atoms with Crippen LogP contribution in [0, 0.1) is 0 Å². The predicted molar refractivity (Wildman–Crippen MR) is 102 cm³/mol. The lowest BCUT2D eigenvalue weighted by Crippen LogP contribution is -2.39. The number of fused-ring (bicyclic) bond motifs is 1. The first-order valence-corrected chi connectivity index (χ1v) is 10.1. The highest BCUT2D eigenvalue weighted by Crippen LogP contribution is 2.29. The summed E-state index contributed by atoms with van der Waals surface area (Å²) in [4.78, 5) is 14.1. The molecule has 1 aliphatic heterocycles. The fraction of sp³-hybridized carbons (Fsp3) is 0.333. The number of anilines is 1. The number of rotatable bonds is 5. The summed E-state index contributed by atoms with van der Waals surface area (Å²) in [5, 5.41) is 0.943. The Morgan fingerprint density at radius 1 is 1.22 bits per heavy atom. The molecule has 1 fully saturated rings. The van der Waals surface area contributed by atoms with Crippen LogP contribution in [0.4, 0.5) is 5.82 Å². The number of hydrogen-bond acceptors (Lipinski definition) is 6. The van der Waals surface area contributed by atoms with Crippen molar-refractivity contribution in [3.8, 4) is 5.75 Å². The summed E-state index contributed by atoms with van der Waals surface area (Å²) in [6, 6.07) is 8.28. The Morgan fingerprint density at radius 2 is 2.00 bits per heavy atom. The van der Waals surface area contributed by atoms with Crippen molar-refractivity contribution < 1.29 is 13.2 Å². The van der Waals surface area contributed by atoms with Gasteiger partial charge in [-0.3, -0.25) is 0 Å². The smallest absolute Gasteiger partial charge is 0.243 e. The Hall–Kier alpha value is -2.65. The van der Waals surface area contributed by atoms with E-state index in [4.69, 9.17) is 4.74 Å². The second-order valence-electron chi connectivity index (χ2n) is 6.52. The molecule has 3 aromatic rings. The third-order valence-electron chi connectivity index (χ3n) is 5.05. The summed E-state index contributed by atoms with van der Waals surface area (Å²) < 4.78 is 32.5. The van der Waals surface area contributed by atoms with Crippen LogP contribution in [-0.4, -0.2) is 61.0 Å². The number of methoxy groups -OCH3 is 1. The molecule has 4 rings (SSSR count). The molecule has 0 amide bonds. The van der Waals surface area contributed by atoms with E-state index in [-0.39, 0.29) is 10.9 Å². The summed E-state index contributed by atoms with van der Waals surface area (Å²) in [5.74, 6) is 1.46. The molecule has 2 aromatic heterocycles. The van der Waals surface area contributed by atoms with Crippen LogP contribution in [0.15, 0.2) is 47.8 Å². The second kappa shape index (κ2) is 6.82. The monoisotopic (exact) mass is 387 g/mol. The number of nitrogens with zero attached hydrogens (tertiary/aromatic N) is 4. The van der Waals surface area contributed by atoms with Crippen molar-refractivity contribution in [1.29, 1.82) is 0 Å². The Labute approximate surface area is 157 Å². The second-order valence-corrected chi connectivity index (χ2v) is 8.52. The van der Waals surface area contributed by atoms with Gasteiger partial charge < -0.3 is 14.6 Å². The minimum Gasteiger partial charge on any atom is -0.497 e. The Morgan fingerprint density at radius 3 is 2.74 bits per heavy atom. The van der Waals surface area contributed by atoms with Crippen molar-refractivity contribution >= 4 is 26.9 Å². The van der Waals surface area contributed by atoms with Crippen molar-refractivity contribution in [2.24, 2.45) is 0 Å². The third-order valence-corrected chi connectivity index (χ3v) is 6.97. The quantitative estimate of drug-likeness (QED) is 0.719. The number of H-pyrrole nitrogens is 1. The molecule has 1 N–H and O–H groups in total. The van der Waals surface area contributed by atoms with Crippen LogP contribution in [0.25, 0.3) is 11.0 Å². The van der Waals surface area contributed by atoms with Gasteiger partial charge in [0.05, 0.1) is 17.4 Å². The van der Waals surface area contributed by atoms with Crippen LogP contribution in [0.3, 0.4) is 0 Å². The standard InChI is InChI=1S/C18H21N5O3S/c1-22(27(24,25)15-5-3-14(26-2)4-6-15)13-8-10-23(11-13)18-16-7-9-19-17(16)20-12-21-18/h3-7,9,12-13H,8,10-11H2,1-2H3,(H,19,20,21)/t13-/m1/s1. The number of aromatic amines is 1. The van der Waals surface area contributed by atoms with E-state index < -0.39 is 10.0 Å². The Balaban J connectivity index is 1.55. The highest BCUT2D eigenvalue weighted by Gasteiger charge is 2.34. The lowest BCUT2D eigenvalue weighted by molar-refractivity contribution is 0.389. The normalized spacial score (nSPS) is 17.7. The summed E-state index contributed by atoms with van der Waals surface area (Å²) in [6.45, 7) is 1.33. The average molecular weight is 387 g/mol. The molecule has 0 saturated carbocycles. The lowest BCUT2D eigenvalue weighted by atomic mass is 10.3. The van der Waals surface area contributed by atoms with Crippen molar-refractivity contribution in [2.45, 2.75) is 17.4 Å². The van der Waals surface area contributed by atoms with Crippen LogP contribution in [-0.2, 0) is 10.0 Å². The van der Waals surface area contributed by atoms with Gasteiger partial charge in [0.1, 0.15) is 23.5 Å². The maximum atomic E-state index is 13.0. The molecule has 0 unspecified atom stereocenters. The molecule has 9 heteroatoms. The van der Waals surface area contributed by atoms with Crippen LogP contribution >= 0.6 is 0 Å². The van der Waals surface area contributed by atoms with Gasteiger partial charge in [0.25, 0.3) is 0 Å².